The minimum atomic E-state index is -1.04. The number of aromatic nitrogens is 4. The summed E-state index contributed by atoms with van der Waals surface area (Å²) in [6.07, 6.45) is 6.99. The number of fused-ring (bicyclic) bond motifs is 2. The van der Waals surface area contributed by atoms with Gasteiger partial charge in [0.2, 0.25) is 0 Å². The van der Waals surface area contributed by atoms with Gasteiger partial charge in [0.05, 0.1) is 53.7 Å². The predicted molar refractivity (Wildman–Crippen MR) is 181 cm³/mol. The maximum absolute atomic E-state index is 13.9. The molecular weight excluding hydrogens is 651 g/mol. The van der Waals surface area contributed by atoms with Crippen molar-refractivity contribution in [3.63, 3.8) is 0 Å². The van der Waals surface area contributed by atoms with Gasteiger partial charge in [-0.1, -0.05) is 18.2 Å². The third kappa shape index (κ3) is 6.59. The number of amides is 1. The van der Waals surface area contributed by atoms with E-state index < -0.39 is 23.9 Å². The van der Waals surface area contributed by atoms with Crippen molar-refractivity contribution in [1.82, 2.24) is 29.5 Å². The number of halogens is 2. The molecule has 49 heavy (non-hydrogen) atoms. The molecule has 4 aliphatic rings. The highest BCUT2D eigenvalue weighted by Crippen LogP contribution is 2.42. The van der Waals surface area contributed by atoms with Crippen LogP contribution in [-0.4, -0.2) is 94.0 Å². The standard InChI is InChI=1S/C35H42ClFN8O4/c1-21-15-28-25(17-39-45(28)30-8-4-5-14-47-30)31(32(21)36)29-16-27-26(20-48-29)33(41-35(40-27)49-19-24-7-6-11-42(24)3)43-12-13-44(34(46)22(2)37)23(18-43)9-10-38/h15,17,23-24,29-30H,2,4-9,11-14,16,18-20H2,1,3H3/t23-,24-,29?,30?/m0/s1. The van der Waals surface area contributed by atoms with E-state index in [1.807, 2.05) is 22.7 Å². The lowest BCUT2D eigenvalue weighted by Crippen LogP contribution is -2.55. The SMILES string of the molecule is C=C(F)C(=O)N1CCN(c2nc(OC[C@@H]3CCCN3C)nc3c2COC(c2c(Cl)c(C)cc4c2cnn4C2CCCCO2)C3)C[C@@H]1CC#N. The minimum absolute atomic E-state index is 0.0418. The zero-order chi connectivity index (χ0) is 34.2. The highest BCUT2D eigenvalue weighted by Gasteiger charge is 2.36. The van der Waals surface area contributed by atoms with Crippen LogP contribution in [0.15, 0.2) is 24.7 Å². The van der Waals surface area contributed by atoms with Crippen molar-refractivity contribution in [2.45, 2.75) is 82.9 Å². The minimum Gasteiger partial charge on any atom is -0.462 e. The number of benzene rings is 1. The molecule has 0 radical (unpaired) electrons. The van der Waals surface area contributed by atoms with Gasteiger partial charge in [-0.3, -0.25) is 4.79 Å². The van der Waals surface area contributed by atoms with Crippen molar-refractivity contribution in [3.05, 3.63) is 52.1 Å². The largest absolute Gasteiger partial charge is 0.462 e. The first-order valence-electron chi connectivity index (χ1n) is 17.1. The first-order chi connectivity index (χ1) is 23.7. The number of nitrogens with zero attached hydrogens (tertiary/aromatic N) is 8. The molecule has 0 N–H and O–H groups in total. The van der Waals surface area contributed by atoms with Gasteiger partial charge in [-0.15, -0.1) is 0 Å². The second-order valence-corrected chi connectivity index (χ2v) is 13.9. The Balaban J connectivity index is 1.23. The van der Waals surface area contributed by atoms with Crippen LogP contribution in [0.25, 0.3) is 10.9 Å². The van der Waals surface area contributed by atoms with Crippen LogP contribution in [0.1, 0.15) is 73.2 Å². The number of anilines is 1. The monoisotopic (exact) mass is 692 g/mol. The van der Waals surface area contributed by atoms with Crippen LogP contribution in [0.3, 0.4) is 0 Å². The molecule has 2 unspecified atom stereocenters. The van der Waals surface area contributed by atoms with Crippen LogP contribution in [0.4, 0.5) is 10.2 Å². The molecule has 3 aromatic rings. The van der Waals surface area contributed by atoms with Crippen molar-refractivity contribution in [2.24, 2.45) is 0 Å². The van der Waals surface area contributed by atoms with Crippen molar-refractivity contribution < 1.29 is 23.4 Å². The number of aryl methyl sites for hydroxylation is 1. The Bertz CT molecular complexity index is 1790. The third-order valence-corrected chi connectivity index (χ3v) is 10.8. The van der Waals surface area contributed by atoms with E-state index in [2.05, 4.69) is 30.7 Å². The molecule has 14 heteroatoms. The Kier molecular flexibility index (Phi) is 9.75. The summed E-state index contributed by atoms with van der Waals surface area (Å²) in [6, 6.07) is 4.21. The summed E-state index contributed by atoms with van der Waals surface area (Å²) < 4.78 is 34.8. The molecule has 0 spiro atoms. The topological polar surface area (TPSA) is 122 Å². The van der Waals surface area contributed by atoms with E-state index in [1.54, 1.807) is 0 Å². The first kappa shape index (κ1) is 33.7. The number of nitriles is 1. The summed E-state index contributed by atoms with van der Waals surface area (Å²) in [5.74, 6) is -1.20. The maximum atomic E-state index is 13.9. The van der Waals surface area contributed by atoms with Gasteiger partial charge in [-0.25, -0.2) is 9.07 Å². The van der Waals surface area contributed by atoms with Gasteiger partial charge in [0.15, 0.2) is 12.1 Å². The molecule has 0 bridgehead atoms. The van der Waals surface area contributed by atoms with Crippen molar-refractivity contribution in [2.75, 3.05) is 51.3 Å². The van der Waals surface area contributed by atoms with Crippen LogP contribution in [0.2, 0.25) is 5.02 Å². The van der Waals surface area contributed by atoms with E-state index in [-0.39, 0.29) is 44.4 Å². The van der Waals surface area contributed by atoms with E-state index in [1.165, 1.54) is 4.90 Å². The highest BCUT2D eigenvalue weighted by atomic mass is 35.5. The van der Waals surface area contributed by atoms with Crippen LogP contribution in [-0.2, 0) is 27.3 Å². The molecule has 4 atom stereocenters. The van der Waals surface area contributed by atoms with E-state index >= 15 is 0 Å². The normalized spacial score (nSPS) is 24.6. The molecule has 4 aliphatic heterocycles. The van der Waals surface area contributed by atoms with E-state index in [0.717, 1.165) is 71.9 Å². The van der Waals surface area contributed by atoms with Crippen LogP contribution < -0.4 is 9.64 Å². The van der Waals surface area contributed by atoms with E-state index in [4.69, 9.17) is 40.9 Å². The van der Waals surface area contributed by atoms with Gasteiger partial charge in [0.1, 0.15) is 12.4 Å². The number of hydrogen-bond acceptors (Lipinski definition) is 10. The molecule has 1 aromatic carbocycles. The average molecular weight is 693 g/mol. The molecule has 12 nitrogen and oxygen atoms in total. The number of ether oxygens (including phenoxy) is 3. The molecular formula is C35H42ClFN8O4. The maximum Gasteiger partial charge on any atom is 0.318 e. The van der Waals surface area contributed by atoms with Crippen molar-refractivity contribution in [3.8, 4) is 12.1 Å². The summed E-state index contributed by atoms with van der Waals surface area (Å²) in [7, 11) is 2.10. The van der Waals surface area contributed by atoms with Gasteiger partial charge in [0, 0.05) is 55.2 Å². The molecule has 6 heterocycles. The van der Waals surface area contributed by atoms with E-state index in [0.29, 0.717) is 37.0 Å². The first-order valence-corrected chi connectivity index (χ1v) is 17.5. The molecule has 7 rings (SSSR count). The Morgan fingerprint density at radius 3 is 2.78 bits per heavy atom. The lowest BCUT2D eigenvalue weighted by molar-refractivity contribution is -0.131. The smallest absolute Gasteiger partial charge is 0.318 e. The zero-order valence-corrected chi connectivity index (χ0v) is 28.8. The number of carbonyl (C=O) groups excluding carboxylic acids is 1. The van der Waals surface area contributed by atoms with Crippen LogP contribution >= 0.6 is 11.6 Å². The summed E-state index contributed by atoms with van der Waals surface area (Å²) in [6.45, 7) is 8.47. The molecule has 3 fully saturated rings. The Morgan fingerprint density at radius 1 is 1.18 bits per heavy atom. The summed E-state index contributed by atoms with van der Waals surface area (Å²) in [5, 5.41) is 15.9. The fourth-order valence-electron chi connectivity index (χ4n) is 7.64. The van der Waals surface area contributed by atoms with Gasteiger partial charge in [-0.2, -0.15) is 20.3 Å². The Morgan fingerprint density at radius 2 is 2.04 bits per heavy atom. The molecule has 0 aliphatic carbocycles. The molecule has 260 valence electrons. The summed E-state index contributed by atoms with van der Waals surface area (Å²) >= 11 is 7.05. The van der Waals surface area contributed by atoms with Gasteiger partial charge in [-0.05, 0) is 64.3 Å². The second-order valence-electron chi connectivity index (χ2n) is 13.5. The number of piperazine rings is 1. The third-order valence-electron chi connectivity index (χ3n) is 10.3. The van der Waals surface area contributed by atoms with E-state index in [9.17, 15) is 14.4 Å². The highest BCUT2D eigenvalue weighted by molar-refractivity contribution is 6.33. The number of likely N-dealkylation sites (N-methyl/N-ethyl adjacent to an activating group) is 1. The molecule has 0 saturated carbocycles. The lowest BCUT2D eigenvalue weighted by atomic mass is 9.95. The quantitative estimate of drug-likeness (QED) is 0.292. The van der Waals surface area contributed by atoms with Gasteiger partial charge < -0.3 is 28.9 Å². The fourth-order valence-corrected chi connectivity index (χ4v) is 7.91. The van der Waals surface area contributed by atoms with Crippen LogP contribution in [0.5, 0.6) is 6.01 Å². The average Bonchev–Trinajstić information content (AvgIpc) is 3.72. The Hall–Kier alpha value is -3.83. The van der Waals surface area contributed by atoms with Crippen LogP contribution in [0, 0.1) is 18.3 Å². The zero-order valence-electron chi connectivity index (χ0n) is 28.0. The predicted octanol–water partition coefficient (Wildman–Crippen LogP) is 5.19. The molecule has 3 saturated heterocycles. The summed E-state index contributed by atoms with van der Waals surface area (Å²) in [5.41, 5.74) is 4.36. The number of likely N-dealkylation sites (tertiary alicyclic amines) is 1. The number of carbonyl (C=O) groups is 1. The number of hydrogen-bond donors (Lipinski definition) is 0. The molecule has 1 amide bonds. The fraction of sp³-hybridized carbons (Fsp3) is 0.571. The molecule has 2 aromatic heterocycles. The van der Waals surface area contributed by atoms with Gasteiger partial charge in [0.25, 0.3) is 5.91 Å². The lowest BCUT2D eigenvalue weighted by Gasteiger charge is -2.42. The van der Waals surface area contributed by atoms with Gasteiger partial charge >= 0.3 is 6.01 Å². The number of rotatable bonds is 8. The van der Waals surface area contributed by atoms with Crippen molar-refractivity contribution in [1.29, 1.82) is 5.26 Å². The Labute approximate surface area is 290 Å². The van der Waals surface area contributed by atoms with Crippen molar-refractivity contribution >= 4 is 34.2 Å². The summed E-state index contributed by atoms with van der Waals surface area (Å²) in [4.78, 5) is 28.1. The second kappa shape index (κ2) is 14.2.